The van der Waals surface area contributed by atoms with Crippen LogP contribution in [0.2, 0.25) is 0 Å². The summed E-state index contributed by atoms with van der Waals surface area (Å²) in [6.45, 7) is 0. The van der Waals surface area contributed by atoms with Crippen molar-refractivity contribution in [3.05, 3.63) is 40.1 Å². The van der Waals surface area contributed by atoms with Gasteiger partial charge >= 0.3 is 0 Å². The van der Waals surface area contributed by atoms with Crippen LogP contribution in [0.25, 0.3) is 10.9 Å². The van der Waals surface area contributed by atoms with E-state index in [0.717, 1.165) is 22.8 Å². The monoisotopic (exact) mass is 204 g/mol. The maximum Gasteiger partial charge on any atom is 0.270 e. The highest BCUT2D eigenvalue weighted by molar-refractivity contribution is 5.87. The van der Waals surface area contributed by atoms with Crippen LogP contribution in [0.1, 0.15) is 5.56 Å². The Morgan fingerprint density at radius 1 is 1.47 bits per heavy atom. The van der Waals surface area contributed by atoms with Crippen LogP contribution in [-0.2, 0) is 11.2 Å². The normalized spacial score (nSPS) is 10.4. The molecule has 0 spiro atoms. The molecule has 0 aliphatic carbocycles. The molecule has 0 saturated heterocycles. The molecule has 1 aromatic carbocycles. The van der Waals surface area contributed by atoms with Gasteiger partial charge in [-0.25, -0.2) is 0 Å². The number of hydrogen-bond donors (Lipinski definition) is 1. The number of hydrogen-bond acceptors (Lipinski definition) is 3. The molecule has 0 amide bonds. The van der Waals surface area contributed by atoms with Crippen molar-refractivity contribution < 1.29 is 9.72 Å². The number of carbonyl (C=O) groups excluding carboxylic acids is 1. The number of nitrogens with one attached hydrogen (secondary N) is 1. The van der Waals surface area contributed by atoms with Crippen LogP contribution in [0.3, 0.4) is 0 Å². The first-order valence-electron chi connectivity index (χ1n) is 4.40. The average Bonchev–Trinajstić information content (AvgIpc) is 2.61. The zero-order valence-electron chi connectivity index (χ0n) is 7.77. The number of carbonyl (C=O) groups is 1. The smallest absolute Gasteiger partial charge is 0.270 e. The highest BCUT2D eigenvalue weighted by atomic mass is 16.6. The molecule has 0 unspecified atom stereocenters. The maximum atomic E-state index is 10.6. The number of aromatic nitrogens is 1. The molecule has 0 aliphatic heterocycles. The highest BCUT2D eigenvalue weighted by Crippen LogP contribution is 2.23. The first kappa shape index (κ1) is 9.39. The Bertz CT molecular complexity index is 530. The van der Waals surface area contributed by atoms with Crippen molar-refractivity contribution in [2.24, 2.45) is 0 Å². The van der Waals surface area contributed by atoms with Gasteiger partial charge < -0.3 is 9.78 Å². The van der Waals surface area contributed by atoms with E-state index in [2.05, 4.69) is 4.98 Å². The van der Waals surface area contributed by atoms with Gasteiger partial charge in [-0.15, -0.1) is 0 Å². The number of aromatic amines is 1. The van der Waals surface area contributed by atoms with Gasteiger partial charge in [0.25, 0.3) is 5.69 Å². The minimum atomic E-state index is -0.447. The largest absolute Gasteiger partial charge is 0.361 e. The molecule has 1 aromatic heterocycles. The Morgan fingerprint density at radius 2 is 2.27 bits per heavy atom. The summed E-state index contributed by atoms with van der Waals surface area (Å²) in [5, 5.41) is 11.3. The predicted molar refractivity (Wildman–Crippen MR) is 54.7 cm³/mol. The molecular weight excluding hydrogens is 196 g/mol. The van der Waals surface area contributed by atoms with Gasteiger partial charge in [-0.2, -0.15) is 0 Å². The third-order valence-electron chi connectivity index (χ3n) is 2.27. The second-order valence-electron chi connectivity index (χ2n) is 3.17. The lowest BCUT2D eigenvalue weighted by Gasteiger charge is -1.94. The van der Waals surface area contributed by atoms with Crippen molar-refractivity contribution in [2.75, 3.05) is 0 Å². The lowest BCUT2D eigenvalue weighted by Crippen LogP contribution is -1.88. The summed E-state index contributed by atoms with van der Waals surface area (Å²) in [6.07, 6.45) is 2.74. The molecule has 1 heterocycles. The summed E-state index contributed by atoms with van der Waals surface area (Å²) in [6, 6.07) is 4.55. The van der Waals surface area contributed by atoms with Crippen molar-refractivity contribution in [3.8, 4) is 0 Å². The molecule has 76 valence electrons. The molecule has 0 bridgehead atoms. The van der Waals surface area contributed by atoms with E-state index < -0.39 is 4.92 Å². The second-order valence-corrected chi connectivity index (χ2v) is 3.17. The fourth-order valence-electron chi connectivity index (χ4n) is 1.54. The summed E-state index contributed by atoms with van der Waals surface area (Å²) < 4.78 is 0. The van der Waals surface area contributed by atoms with E-state index in [4.69, 9.17) is 0 Å². The van der Waals surface area contributed by atoms with E-state index in [-0.39, 0.29) is 12.1 Å². The fourth-order valence-corrected chi connectivity index (χ4v) is 1.54. The Kier molecular flexibility index (Phi) is 2.21. The molecule has 15 heavy (non-hydrogen) atoms. The van der Waals surface area contributed by atoms with Gasteiger partial charge in [0.2, 0.25) is 0 Å². The Morgan fingerprint density at radius 3 is 2.93 bits per heavy atom. The Balaban J connectivity index is 2.60. The molecule has 0 saturated carbocycles. The van der Waals surface area contributed by atoms with E-state index in [9.17, 15) is 14.9 Å². The minimum Gasteiger partial charge on any atom is -0.361 e. The van der Waals surface area contributed by atoms with Crippen LogP contribution in [0, 0.1) is 10.1 Å². The zero-order chi connectivity index (χ0) is 10.8. The van der Waals surface area contributed by atoms with E-state index in [0.29, 0.717) is 0 Å². The lowest BCUT2D eigenvalue weighted by molar-refractivity contribution is -0.384. The van der Waals surface area contributed by atoms with E-state index in [1.165, 1.54) is 12.1 Å². The van der Waals surface area contributed by atoms with Gasteiger partial charge in [0.15, 0.2) is 0 Å². The molecule has 0 fully saturated rings. The first-order chi connectivity index (χ1) is 7.22. The quantitative estimate of drug-likeness (QED) is 0.470. The fraction of sp³-hybridized carbons (Fsp3) is 0.100. The van der Waals surface area contributed by atoms with Gasteiger partial charge in [-0.3, -0.25) is 10.1 Å². The molecule has 2 rings (SSSR count). The van der Waals surface area contributed by atoms with Gasteiger partial charge in [0.05, 0.1) is 4.92 Å². The maximum absolute atomic E-state index is 10.6. The molecule has 0 aliphatic rings. The van der Waals surface area contributed by atoms with Gasteiger partial charge in [-0.05, 0) is 11.6 Å². The molecule has 5 nitrogen and oxygen atoms in total. The SMILES string of the molecule is O=CCc1c[nH]c2ccc([N+](=O)[O-])cc12. The summed E-state index contributed by atoms with van der Waals surface area (Å²) >= 11 is 0. The first-order valence-corrected chi connectivity index (χ1v) is 4.40. The number of benzene rings is 1. The Hall–Kier alpha value is -2.17. The molecule has 0 radical (unpaired) electrons. The van der Waals surface area contributed by atoms with Crippen molar-refractivity contribution in [1.82, 2.24) is 4.98 Å². The highest BCUT2D eigenvalue weighted by Gasteiger charge is 2.09. The number of nitrogens with zero attached hydrogens (tertiary/aromatic N) is 1. The van der Waals surface area contributed by atoms with Crippen LogP contribution in [0.5, 0.6) is 0 Å². The van der Waals surface area contributed by atoms with Crippen molar-refractivity contribution in [2.45, 2.75) is 6.42 Å². The summed E-state index contributed by atoms with van der Waals surface area (Å²) in [4.78, 5) is 23.5. The summed E-state index contributed by atoms with van der Waals surface area (Å²) in [5.41, 5.74) is 1.62. The molecule has 2 aromatic rings. The number of fused-ring (bicyclic) bond motifs is 1. The molecular formula is C10H8N2O3. The number of nitro benzene ring substituents is 1. The standard InChI is InChI=1S/C10H8N2O3/c13-4-3-7-6-11-10-2-1-8(12(14)15)5-9(7)10/h1-2,4-6,11H,3H2. The topological polar surface area (TPSA) is 76.0 Å². The molecule has 5 heteroatoms. The molecule has 1 N–H and O–H groups in total. The lowest BCUT2D eigenvalue weighted by atomic mass is 10.1. The summed E-state index contributed by atoms with van der Waals surface area (Å²) in [7, 11) is 0. The van der Waals surface area contributed by atoms with Gasteiger partial charge in [-0.1, -0.05) is 0 Å². The van der Waals surface area contributed by atoms with Crippen LogP contribution in [0.15, 0.2) is 24.4 Å². The van der Waals surface area contributed by atoms with Crippen LogP contribution < -0.4 is 0 Å². The number of rotatable bonds is 3. The van der Waals surface area contributed by atoms with Crippen molar-refractivity contribution >= 4 is 22.9 Å². The average molecular weight is 204 g/mol. The number of non-ortho nitro benzene ring substituents is 1. The summed E-state index contributed by atoms with van der Waals surface area (Å²) in [5.74, 6) is 0. The van der Waals surface area contributed by atoms with Crippen LogP contribution >= 0.6 is 0 Å². The predicted octanol–water partition coefficient (Wildman–Crippen LogP) is 1.82. The Labute approximate surface area is 84.9 Å². The second kappa shape index (κ2) is 3.53. The number of H-pyrrole nitrogens is 1. The van der Waals surface area contributed by atoms with Crippen molar-refractivity contribution in [3.63, 3.8) is 0 Å². The third kappa shape index (κ3) is 1.59. The van der Waals surface area contributed by atoms with E-state index in [1.807, 2.05) is 0 Å². The van der Waals surface area contributed by atoms with Crippen LogP contribution in [-0.4, -0.2) is 16.2 Å². The van der Waals surface area contributed by atoms with Crippen molar-refractivity contribution in [1.29, 1.82) is 0 Å². The van der Waals surface area contributed by atoms with Gasteiger partial charge in [0, 0.05) is 35.7 Å². The van der Waals surface area contributed by atoms with Crippen LogP contribution in [0.4, 0.5) is 5.69 Å². The third-order valence-corrected chi connectivity index (χ3v) is 2.27. The van der Waals surface area contributed by atoms with E-state index in [1.54, 1.807) is 12.3 Å². The molecule has 0 atom stereocenters. The minimum absolute atomic E-state index is 0.0363. The zero-order valence-corrected chi connectivity index (χ0v) is 7.77. The van der Waals surface area contributed by atoms with E-state index >= 15 is 0 Å². The number of aldehydes is 1. The number of nitro groups is 1. The van der Waals surface area contributed by atoms with Gasteiger partial charge in [0.1, 0.15) is 6.29 Å².